The molecule has 1 fully saturated rings. The quantitative estimate of drug-likeness (QED) is 0.703. The van der Waals surface area contributed by atoms with Gasteiger partial charge in [0.15, 0.2) is 0 Å². The summed E-state index contributed by atoms with van der Waals surface area (Å²) in [4.78, 5) is 27.5. The Labute approximate surface area is 181 Å². The summed E-state index contributed by atoms with van der Waals surface area (Å²) in [5.74, 6) is -0.259. The Hall–Kier alpha value is -3.45. The maximum Gasteiger partial charge on any atom is 0.255 e. The van der Waals surface area contributed by atoms with Gasteiger partial charge < -0.3 is 15.0 Å². The van der Waals surface area contributed by atoms with Crippen LogP contribution in [-0.4, -0.2) is 52.8 Å². The van der Waals surface area contributed by atoms with Crippen LogP contribution in [-0.2, 0) is 4.74 Å². The van der Waals surface area contributed by atoms with Crippen LogP contribution in [0.15, 0.2) is 48.5 Å². The molecule has 1 aliphatic heterocycles. The molecule has 31 heavy (non-hydrogen) atoms. The van der Waals surface area contributed by atoms with Crippen LogP contribution in [0.25, 0.3) is 5.69 Å². The number of anilines is 1. The molecule has 1 aromatic heterocycles. The van der Waals surface area contributed by atoms with Crippen LogP contribution < -0.4 is 5.32 Å². The fourth-order valence-corrected chi connectivity index (χ4v) is 3.78. The van der Waals surface area contributed by atoms with Crippen molar-refractivity contribution in [2.45, 2.75) is 20.8 Å². The van der Waals surface area contributed by atoms with E-state index in [0.29, 0.717) is 43.1 Å². The van der Waals surface area contributed by atoms with Gasteiger partial charge in [0.25, 0.3) is 11.8 Å². The van der Waals surface area contributed by atoms with Gasteiger partial charge in [-0.15, -0.1) is 0 Å². The fraction of sp³-hybridized carbons (Fsp3) is 0.292. The Kier molecular flexibility index (Phi) is 5.86. The van der Waals surface area contributed by atoms with Crippen LogP contribution in [0.3, 0.4) is 0 Å². The maximum atomic E-state index is 12.9. The molecule has 0 saturated carbocycles. The number of amides is 2. The van der Waals surface area contributed by atoms with Crippen LogP contribution in [0.5, 0.6) is 0 Å². The standard InChI is InChI=1S/C24H26N4O3/c1-16-15-17(2)28(26-16)20-9-7-19(8-10-20)23(29)25-22-6-4-5-21(18(22)3)24(30)27-11-13-31-14-12-27/h4-10,15H,11-14H2,1-3H3,(H,25,29). The van der Waals surface area contributed by atoms with Crippen LogP contribution in [0.2, 0.25) is 0 Å². The highest BCUT2D eigenvalue weighted by atomic mass is 16.5. The Balaban J connectivity index is 1.51. The summed E-state index contributed by atoms with van der Waals surface area (Å²) in [6, 6.07) is 14.7. The number of morpholine rings is 1. The normalized spacial score (nSPS) is 13.8. The average Bonchev–Trinajstić information content (AvgIpc) is 3.13. The van der Waals surface area contributed by atoms with Gasteiger partial charge in [-0.3, -0.25) is 9.59 Å². The van der Waals surface area contributed by atoms with E-state index in [1.165, 1.54) is 0 Å². The van der Waals surface area contributed by atoms with E-state index in [-0.39, 0.29) is 11.8 Å². The zero-order valence-corrected chi connectivity index (χ0v) is 18.0. The van der Waals surface area contributed by atoms with E-state index >= 15 is 0 Å². The van der Waals surface area contributed by atoms with Crippen molar-refractivity contribution in [2.75, 3.05) is 31.6 Å². The van der Waals surface area contributed by atoms with Crippen molar-refractivity contribution in [3.63, 3.8) is 0 Å². The number of ether oxygens (including phenoxy) is 1. The van der Waals surface area contributed by atoms with Gasteiger partial charge >= 0.3 is 0 Å². The van der Waals surface area contributed by atoms with Crippen LogP contribution in [0.1, 0.15) is 37.7 Å². The maximum absolute atomic E-state index is 12.9. The first kappa shape index (κ1) is 20.8. The molecular formula is C24H26N4O3. The number of aryl methyl sites for hydroxylation is 2. The summed E-state index contributed by atoms with van der Waals surface area (Å²) in [6.45, 7) is 8.06. The zero-order valence-electron chi connectivity index (χ0n) is 18.0. The van der Waals surface area contributed by atoms with Gasteiger partial charge in [-0.1, -0.05) is 6.07 Å². The van der Waals surface area contributed by atoms with Crippen molar-refractivity contribution in [1.29, 1.82) is 0 Å². The molecule has 1 N–H and O–H groups in total. The van der Waals surface area contributed by atoms with Crippen molar-refractivity contribution in [2.24, 2.45) is 0 Å². The molecule has 0 aliphatic carbocycles. The van der Waals surface area contributed by atoms with E-state index in [2.05, 4.69) is 10.4 Å². The Bertz CT molecular complexity index is 1110. The molecule has 0 radical (unpaired) electrons. The summed E-state index contributed by atoms with van der Waals surface area (Å²) >= 11 is 0. The highest BCUT2D eigenvalue weighted by molar-refractivity contribution is 6.06. The van der Waals surface area contributed by atoms with E-state index < -0.39 is 0 Å². The third-order valence-electron chi connectivity index (χ3n) is 5.49. The molecule has 7 heteroatoms. The van der Waals surface area contributed by atoms with Gasteiger partial charge in [-0.05, 0) is 68.8 Å². The molecule has 4 rings (SSSR count). The van der Waals surface area contributed by atoms with Crippen molar-refractivity contribution in [3.05, 3.63) is 76.6 Å². The molecule has 3 aromatic rings. The molecule has 2 aromatic carbocycles. The minimum absolute atomic E-state index is 0.0360. The Morgan fingerprint density at radius 3 is 2.35 bits per heavy atom. The van der Waals surface area contributed by atoms with Crippen molar-refractivity contribution in [3.8, 4) is 5.69 Å². The van der Waals surface area contributed by atoms with Crippen molar-refractivity contribution >= 4 is 17.5 Å². The first-order valence-electron chi connectivity index (χ1n) is 10.4. The minimum atomic E-state index is -0.223. The number of hydrogen-bond donors (Lipinski definition) is 1. The number of carbonyl (C=O) groups is 2. The van der Waals surface area contributed by atoms with E-state index in [1.807, 2.05) is 49.7 Å². The summed E-state index contributed by atoms with van der Waals surface area (Å²) < 4.78 is 7.18. The molecule has 2 heterocycles. The predicted molar refractivity (Wildman–Crippen MR) is 119 cm³/mol. The molecule has 160 valence electrons. The van der Waals surface area contributed by atoms with E-state index in [0.717, 1.165) is 22.6 Å². The number of aromatic nitrogens is 2. The molecule has 0 unspecified atom stereocenters. The number of benzene rings is 2. The number of carbonyl (C=O) groups excluding carboxylic acids is 2. The third-order valence-corrected chi connectivity index (χ3v) is 5.49. The first-order chi connectivity index (χ1) is 14.9. The van der Waals surface area contributed by atoms with Crippen LogP contribution in [0, 0.1) is 20.8 Å². The smallest absolute Gasteiger partial charge is 0.255 e. The lowest BCUT2D eigenvalue weighted by molar-refractivity contribution is 0.0302. The highest BCUT2D eigenvalue weighted by Crippen LogP contribution is 2.22. The SMILES string of the molecule is Cc1cc(C)n(-c2ccc(C(=O)Nc3cccc(C(=O)N4CCOCC4)c3C)cc2)n1. The van der Waals surface area contributed by atoms with Crippen LogP contribution in [0.4, 0.5) is 5.69 Å². The molecular weight excluding hydrogens is 392 g/mol. The highest BCUT2D eigenvalue weighted by Gasteiger charge is 2.21. The second-order valence-electron chi connectivity index (χ2n) is 7.72. The second kappa shape index (κ2) is 8.73. The third kappa shape index (κ3) is 4.36. The van der Waals surface area contributed by atoms with Gasteiger partial charge in [0.1, 0.15) is 0 Å². The first-order valence-corrected chi connectivity index (χ1v) is 10.4. The minimum Gasteiger partial charge on any atom is -0.378 e. The van der Waals surface area contributed by atoms with E-state index in [4.69, 9.17) is 4.74 Å². The summed E-state index contributed by atoms with van der Waals surface area (Å²) in [6.07, 6.45) is 0. The molecule has 1 aliphatic rings. The molecule has 0 bridgehead atoms. The predicted octanol–water partition coefficient (Wildman–Crippen LogP) is 3.52. The molecule has 0 atom stereocenters. The van der Waals surface area contributed by atoms with Gasteiger partial charge in [0.05, 0.1) is 24.6 Å². The topological polar surface area (TPSA) is 76.5 Å². The van der Waals surface area contributed by atoms with Crippen molar-refractivity contribution in [1.82, 2.24) is 14.7 Å². The number of rotatable bonds is 4. The lowest BCUT2D eigenvalue weighted by Crippen LogP contribution is -2.41. The number of nitrogens with zero attached hydrogens (tertiary/aromatic N) is 3. The summed E-state index contributed by atoms with van der Waals surface area (Å²) in [5, 5.41) is 7.41. The fourth-order valence-electron chi connectivity index (χ4n) is 3.78. The second-order valence-corrected chi connectivity index (χ2v) is 7.72. The van der Waals surface area contributed by atoms with Crippen molar-refractivity contribution < 1.29 is 14.3 Å². The molecule has 2 amide bonds. The van der Waals surface area contributed by atoms with E-state index in [9.17, 15) is 9.59 Å². The largest absolute Gasteiger partial charge is 0.378 e. The van der Waals surface area contributed by atoms with E-state index in [1.54, 1.807) is 29.2 Å². The monoisotopic (exact) mass is 418 g/mol. The van der Waals surface area contributed by atoms with Gasteiger partial charge in [-0.25, -0.2) is 4.68 Å². The Morgan fingerprint density at radius 1 is 1.00 bits per heavy atom. The Morgan fingerprint density at radius 2 is 1.71 bits per heavy atom. The molecule has 7 nitrogen and oxygen atoms in total. The summed E-state index contributed by atoms with van der Waals surface area (Å²) in [5.41, 5.74) is 5.40. The van der Waals surface area contributed by atoms with Gasteiger partial charge in [0, 0.05) is 35.6 Å². The lowest BCUT2D eigenvalue weighted by atomic mass is 10.0. The molecule has 1 saturated heterocycles. The lowest BCUT2D eigenvalue weighted by Gasteiger charge is -2.27. The van der Waals surface area contributed by atoms with Gasteiger partial charge in [-0.2, -0.15) is 5.10 Å². The zero-order chi connectivity index (χ0) is 22.0. The summed E-state index contributed by atoms with van der Waals surface area (Å²) in [7, 11) is 0. The van der Waals surface area contributed by atoms with Crippen LogP contribution >= 0.6 is 0 Å². The van der Waals surface area contributed by atoms with Gasteiger partial charge in [0.2, 0.25) is 0 Å². The number of nitrogens with one attached hydrogen (secondary N) is 1. The molecule has 0 spiro atoms. The average molecular weight is 418 g/mol. The number of hydrogen-bond acceptors (Lipinski definition) is 4.